The molecule has 0 spiro atoms. The summed E-state index contributed by atoms with van der Waals surface area (Å²) < 4.78 is 38.1. The van der Waals surface area contributed by atoms with Gasteiger partial charge in [-0.05, 0) is 62.7 Å². The number of benzene rings is 1. The summed E-state index contributed by atoms with van der Waals surface area (Å²) in [6.45, 7) is 4.06. The van der Waals surface area contributed by atoms with Crippen molar-refractivity contribution in [3.8, 4) is 16.9 Å². The molecule has 10 heteroatoms. The van der Waals surface area contributed by atoms with Crippen LogP contribution in [0.4, 0.5) is 13.2 Å². The molecule has 3 N–H and O–H groups in total. The van der Waals surface area contributed by atoms with Gasteiger partial charge in [0.15, 0.2) is 0 Å². The smallest absolute Gasteiger partial charge is 0.489 e. The number of carbonyl (C=O) groups is 1. The molecule has 0 atom stereocenters. The Balaban J connectivity index is 0.000000339. The summed E-state index contributed by atoms with van der Waals surface area (Å²) >= 11 is 6.32. The Bertz CT molecular complexity index is 1060. The average molecular weight is 456 g/mol. The van der Waals surface area contributed by atoms with Crippen molar-refractivity contribution in [2.24, 2.45) is 0 Å². The molecule has 0 radical (unpaired) electrons. The van der Waals surface area contributed by atoms with Gasteiger partial charge in [0.1, 0.15) is 17.5 Å². The number of nitrogens with one attached hydrogen (secondary N) is 2. The number of carboxylic acids is 1. The number of nitrogens with zero attached hydrogens (tertiary/aromatic N) is 1. The third kappa shape index (κ3) is 5.89. The van der Waals surface area contributed by atoms with Crippen molar-refractivity contribution >= 4 is 28.6 Å². The molecule has 3 aromatic rings. The van der Waals surface area contributed by atoms with Crippen LogP contribution in [0.2, 0.25) is 5.02 Å². The minimum absolute atomic E-state index is 0.244. The molecule has 1 aromatic carbocycles. The molecule has 166 valence electrons. The van der Waals surface area contributed by atoms with Crippen molar-refractivity contribution in [1.82, 2.24) is 15.3 Å². The largest absolute Gasteiger partial charge is 0.490 e. The fourth-order valence-corrected chi connectivity index (χ4v) is 3.54. The van der Waals surface area contributed by atoms with Gasteiger partial charge in [-0.2, -0.15) is 13.2 Å². The predicted molar refractivity (Wildman–Crippen MR) is 111 cm³/mol. The molecule has 0 bridgehead atoms. The summed E-state index contributed by atoms with van der Waals surface area (Å²) in [6.07, 6.45) is 0.984. The van der Waals surface area contributed by atoms with Crippen LogP contribution in [0, 0.1) is 6.92 Å². The van der Waals surface area contributed by atoms with Crippen LogP contribution in [0.3, 0.4) is 0 Å². The number of rotatable bonds is 3. The molecule has 1 aliphatic heterocycles. The second-order valence-corrected chi connectivity index (χ2v) is 7.55. The van der Waals surface area contributed by atoms with E-state index in [1.165, 1.54) is 0 Å². The lowest BCUT2D eigenvalue weighted by Crippen LogP contribution is -2.34. The van der Waals surface area contributed by atoms with E-state index in [0.29, 0.717) is 5.02 Å². The number of ether oxygens (including phenoxy) is 1. The Morgan fingerprint density at radius 1 is 1.26 bits per heavy atom. The molecule has 0 saturated carbocycles. The van der Waals surface area contributed by atoms with Crippen molar-refractivity contribution in [2.45, 2.75) is 32.0 Å². The van der Waals surface area contributed by atoms with Crippen LogP contribution in [0.25, 0.3) is 22.2 Å². The van der Waals surface area contributed by atoms with Crippen molar-refractivity contribution in [2.75, 3.05) is 13.1 Å². The van der Waals surface area contributed by atoms with E-state index in [4.69, 9.17) is 26.2 Å². The number of aromatic amines is 1. The van der Waals surface area contributed by atoms with Gasteiger partial charge in [-0.25, -0.2) is 9.78 Å². The lowest BCUT2D eigenvalue weighted by Gasteiger charge is -2.26. The molecule has 1 fully saturated rings. The highest BCUT2D eigenvalue weighted by molar-refractivity contribution is 6.31. The van der Waals surface area contributed by atoms with Crippen molar-refractivity contribution in [1.29, 1.82) is 0 Å². The molecule has 2 aromatic heterocycles. The van der Waals surface area contributed by atoms with Gasteiger partial charge in [-0.1, -0.05) is 11.6 Å². The van der Waals surface area contributed by atoms with E-state index >= 15 is 0 Å². The Kier molecular flexibility index (Phi) is 7.07. The number of piperidine rings is 1. The van der Waals surface area contributed by atoms with E-state index in [9.17, 15) is 13.2 Å². The topological polar surface area (TPSA) is 87.2 Å². The lowest BCUT2D eigenvalue weighted by molar-refractivity contribution is -0.192. The number of pyridine rings is 1. The summed E-state index contributed by atoms with van der Waals surface area (Å²) in [7, 11) is 0. The van der Waals surface area contributed by atoms with E-state index in [-0.39, 0.29) is 6.10 Å². The first kappa shape index (κ1) is 22.9. The van der Waals surface area contributed by atoms with Gasteiger partial charge < -0.3 is 20.1 Å². The predicted octanol–water partition coefficient (Wildman–Crippen LogP) is 4.96. The molecule has 0 unspecified atom stereocenters. The van der Waals surface area contributed by atoms with Crippen LogP contribution in [0.15, 0.2) is 36.7 Å². The molecule has 6 nitrogen and oxygen atoms in total. The average Bonchev–Trinajstić information content (AvgIpc) is 3.18. The SMILES string of the molecule is Cc1cc(Cl)cc(-c2cnc3[nH]ccc3c2)c1OC1CCNCC1.O=C(O)C(F)(F)F. The van der Waals surface area contributed by atoms with E-state index in [0.717, 1.165) is 59.4 Å². The quantitative estimate of drug-likeness (QED) is 0.520. The number of H-pyrrole nitrogens is 1. The van der Waals surface area contributed by atoms with Gasteiger partial charge in [-0.3, -0.25) is 0 Å². The first-order valence-corrected chi connectivity index (χ1v) is 9.94. The maximum absolute atomic E-state index is 10.6. The molecule has 3 heterocycles. The molecular formula is C21H21ClF3N3O3. The van der Waals surface area contributed by atoms with E-state index < -0.39 is 12.1 Å². The summed E-state index contributed by atoms with van der Waals surface area (Å²) in [5, 5.41) is 12.3. The van der Waals surface area contributed by atoms with Crippen LogP contribution >= 0.6 is 11.6 Å². The summed E-state index contributed by atoms with van der Waals surface area (Å²) in [4.78, 5) is 16.5. The number of hydrogen-bond donors (Lipinski definition) is 3. The lowest BCUT2D eigenvalue weighted by atomic mass is 10.0. The van der Waals surface area contributed by atoms with Crippen LogP contribution in [0.5, 0.6) is 5.75 Å². The summed E-state index contributed by atoms with van der Waals surface area (Å²) in [5.41, 5.74) is 3.98. The van der Waals surface area contributed by atoms with Gasteiger partial charge in [-0.15, -0.1) is 0 Å². The number of halogens is 4. The second kappa shape index (κ2) is 9.57. The maximum Gasteiger partial charge on any atom is 0.490 e. The zero-order chi connectivity index (χ0) is 22.6. The molecule has 31 heavy (non-hydrogen) atoms. The van der Waals surface area contributed by atoms with Crippen molar-refractivity contribution in [3.63, 3.8) is 0 Å². The van der Waals surface area contributed by atoms with Gasteiger partial charge in [0.25, 0.3) is 0 Å². The number of aryl methyl sites for hydroxylation is 1. The maximum atomic E-state index is 10.6. The van der Waals surface area contributed by atoms with Crippen LogP contribution in [0.1, 0.15) is 18.4 Å². The van der Waals surface area contributed by atoms with Crippen molar-refractivity contribution < 1.29 is 27.8 Å². The van der Waals surface area contributed by atoms with Crippen molar-refractivity contribution in [3.05, 3.63) is 47.2 Å². The van der Waals surface area contributed by atoms with Crippen LogP contribution in [-0.2, 0) is 4.79 Å². The minimum atomic E-state index is -5.08. The Hall–Kier alpha value is -2.78. The molecular weight excluding hydrogens is 435 g/mol. The highest BCUT2D eigenvalue weighted by atomic mass is 35.5. The summed E-state index contributed by atoms with van der Waals surface area (Å²) in [5.74, 6) is -1.84. The van der Waals surface area contributed by atoms with Gasteiger partial charge >= 0.3 is 12.1 Å². The highest BCUT2D eigenvalue weighted by Gasteiger charge is 2.38. The number of fused-ring (bicyclic) bond motifs is 1. The van der Waals surface area contributed by atoms with E-state index in [1.54, 1.807) is 0 Å². The highest BCUT2D eigenvalue weighted by Crippen LogP contribution is 2.37. The molecule has 1 aliphatic rings. The van der Waals surface area contributed by atoms with E-state index in [2.05, 4.69) is 21.4 Å². The number of aliphatic carboxylic acids is 1. The molecule has 0 aliphatic carbocycles. The Labute approximate surface area is 181 Å². The fourth-order valence-electron chi connectivity index (χ4n) is 3.27. The second-order valence-electron chi connectivity index (χ2n) is 7.11. The van der Waals surface area contributed by atoms with Gasteiger partial charge in [0.05, 0.1) is 0 Å². The number of hydrogen-bond acceptors (Lipinski definition) is 4. The normalized spacial score (nSPS) is 14.7. The fraction of sp³-hybridized carbons (Fsp3) is 0.333. The first-order valence-electron chi connectivity index (χ1n) is 9.56. The first-order chi connectivity index (χ1) is 14.6. The number of alkyl halides is 3. The number of carboxylic acid groups (broad SMARTS) is 1. The molecule has 4 rings (SSSR count). The Morgan fingerprint density at radius 3 is 2.58 bits per heavy atom. The summed E-state index contributed by atoms with van der Waals surface area (Å²) in [6, 6.07) is 8.08. The third-order valence-electron chi connectivity index (χ3n) is 4.76. The van der Waals surface area contributed by atoms with Crippen LogP contribution < -0.4 is 10.1 Å². The zero-order valence-corrected chi connectivity index (χ0v) is 17.3. The molecule has 0 amide bonds. The van der Waals surface area contributed by atoms with Crippen LogP contribution in [-0.4, -0.2) is 46.4 Å². The monoisotopic (exact) mass is 455 g/mol. The standard InChI is InChI=1S/C19H20ClN3O.C2HF3O2/c1-12-8-15(20)10-17(18(12)24-16-3-5-21-6-4-16)14-9-13-2-7-22-19(13)23-11-14;3-2(4,5)1(6)7/h2,7-11,16,21H,3-6H2,1H3,(H,22,23);(H,6,7). The van der Waals surface area contributed by atoms with E-state index in [1.807, 2.05) is 37.5 Å². The Morgan fingerprint density at radius 2 is 1.94 bits per heavy atom. The number of aromatic nitrogens is 2. The van der Waals surface area contributed by atoms with Gasteiger partial charge in [0.2, 0.25) is 0 Å². The third-order valence-corrected chi connectivity index (χ3v) is 4.98. The van der Waals surface area contributed by atoms with Gasteiger partial charge in [0, 0.05) is 33.9 Å². The molecule has 1 saturated heterocycles. The minimum Gasteiger partial charge on any atom is -0.489 e. The zero-order valence-electron chi connectivity index (χ0n) is 16.6.